The predicted octanol–water partition coefficient (Wildman–Crippen LogP) is 4.08. The Bertz CT molecular complexity index is 760. The third kappa shape index (κ3) is 4.85. The molecule has 0 saturated heterocycles. The first-order valence-electron chi connectivity index (χ1n) is 8.76. The van der Waals surface area contributed by atoms with E-state index in [2.05, 4.69) is 5.32 Å². The minimum atomic E-state index is -1.15. The Labute approximate surface area is 160 Å². The topological polar surface area (TPSA) is 49.4 Å². The lowest BCUT2D eigenvalue weighted by Gasteiger charge is -2.30. The fourth-order valence-electron chi connectivity index (χ4n) is 2.72. The highest BCUT2D eigenvalue weighted by molar-refractivity contribution is 6.30. The van der Waals surface area contributed by atoms with Crippen molar-refractivity contribution in [2.75, 3.05) is 18.0 Å². The van der Waals surface area contributed by atoms with Crippen molar-refractivity contribution in [2.45, 2.75) is 27.2 Å². The van der Waals surface area contributed by atoms with Crippen LogP contribution in [0.2, 0.25) is 5.02 Å². The van der Waals surface area contributed by atoms with E-state index in [1.165, 1.54) is 0 Å². The third-order valence-corrected chi connectivity index (χ3v) is 4.55. The average Bonchev–Trinajstić information content (AvgIpc) is 2.63. The molecule has 0 fully saturated rings. The van der Waals surface area contributed by atoms with Gasteiger partial charge in [-0.25, -0.2) is 0 Å². The second kappa shape index (κ2) is 8.86. The summed E-state index contributed by atoms with van der Waals surface area (Å²) in [5, 5.41) is 3.54. The van der Waals surface area contributed by atoms with E-state index in [1.807, 2.05) is 61.5 Å². The Morgan fingerprint density at radius 1 is 1.08 bits per heavy atom. The molecule has 5 heteroatoms. The summed E-state index contributed by atoms with van der Waals surface area (Å²) in [7, 11) is 0. The minimum absolute atomic E-state index is 0.216. The molecule has 0 saturated carbocycles. The highest BCUT2D eigenvalue weighted by Gasteiger charge is 2.39. The summed E-state index contributed by atoms with van der Waals surface area (Å²) in [6.45, 7) is 6.18. The Kier molecular flexibility index (Phi) is 6.81. The lowest BCUT2D eigenvalue weighted by Crippen LogP contribution is -2.50. The maximum atomic E-state index is 13.0. The van der Waals surface area contributed by atoms with Gasteiger partial charge in [0.25, 0.3) is 0 Å². The highest BCUT2D eigenvalue weighted by Crippen LogP contribution is 2.24. The van der Waals surface area contributed by atoms with Gasteiger partial charge in [-0.1, -0.05) is 41.9 Å². The number of nitrogens with zero attached hydrogens (tertiary/aromatic N) is 1. The van der Waals surface area contributed by atoms with Crippen LogP contribution in [0.5, 0.6) is 0 Å². The molecule has 0 aliphatic carbocycles. The summed E-state index contributed by atoms with van der Waals surface area (Å²) in [5.41, 5.74) is 0.682. The van der Waals surface area contributed by atoms with Crippen LogP contribution in [0.1, 0.15) is 26.3 Å². The fraction of sp³-hybridized carbons (Fsp3) is 0.333. The molecule has 0 atom stereocenters. The number of hydrogen-bond acceptors (Lipinski definition) is 2. The van der Waals surface area contributed by atoms with Crippen molar-refractivity contribution in [1.82, 2.24) is 5.32 Å². The average molecular weight is 373 g/mol. The molecule has 2 amide bonds. The Morgan fingerprint density at radius 3 is 2.38 bits per heavy atom. The largest absolute Gasteiger partial charge is 0.355 e. The smallest absolute Gasteiger partial charge is 0.242 e. The van der Waals surface area contributed by atoms with Crippen LogP contribution in [0.25, 0.3) is 0 Å². The summed E-state index contributed by atoms with van der Waals surface area (Å²) in [4.78, 5) is 27.2. The van der Waals surface area contributed by atoms with Crippen LogP contribution in [-0.4, -0.2) is 24.9 Å². The molecule has 2 rings (SSSR count). The van der Waals surface area contributed by atoms with Gasteiger partial charge in [0.05, 0.1) is 0 Å². The molecule has 0 heterocycles. The van der Waals surface area contributed by atoms with E-state index in [4.69, 9.17) is 11.6 Å². The first-order chi connectivity index (χ1) is 12.4. The van der Waals surface area contributed by atoms with Gasteiger partial charge in [0.1, 0.15) is 5.41 Å². The number of hydrogen-bond donors (Lipinski definition) is 1. The molecule has 2 aromatic carbocycles. The molecule has 0 aliphatic rings. The van der Waals surface area contributed by atoms with Gasteiger partial charge >= 0.3 is 0 Å². The lowest BCUT2D eigenvalue weighted by molar-refractivity contribution is -0.139. The first kappa shape index (κ1) is 20.0. The van der Waals surface area contributed by atoms with Gasteiger partial charge in [0.15, 0.2) is 0 Å². The maximum absolute atomic E-state index is 13.0. The standard InChI is InChI=1S/C21H25ClN2O2/c1-4-24(18-11-6-5-7-12-18)20(26)21(2,3)19(25)23-14-13-16-9-8-10-17(22)15-16/h5-12,15H,4,13-14H2,1-3H3,(H,23,25). The van der Waals surface area contributed by atoms with Gasteiger partial charge in [-0.3, -0.25) is 9.59 Å². The molecule has 0 aliphatic heterocycles. The van der Waals surface area contributed by atoms with Crippen LogP contribution in [0.3, 0.4) is 0 Å². The van der Waals surface area contributed by atoms with E-state index < -0.39 is 5.41 Å². The summed E-state index contributed by atoms with van der Waals surface area (Å²) in [5.74, 6) is -0.495. The van der Waals surface area contributed by atoms with Crippen LogP contribution in [-0.2, 0) is 16.0 Å². The molecule has 0 aromatic heterocycles. The monoisotopic (exact) mass is 372 g/mol. The number of carbonyl (C=O) groups is 2. The molecule has 0 unspecified atom stereocenters. The van der Waals surface area contributed by atoms with E-state index in [-0.39, 0.29) is 11.8 Å². The number of benzene rings is 2. The molecule has 26 heavy (non-hydrogen) atoms. The molecule has 1 N–H and O–H groups in total. The van der Waals surface area contributed by atoms with Crippen molar-refractivity contribution in [3.63, 3.8) is 0 Å². The van der Waals surface area contributed by atoms with Gasteiger partial charge in [0.2, 0.25) is 11.8 Å². The summed E-state index contributed by atoms with van der Waals surface area (Å²) >= 11 is 5.97. The summed E-state index contributed by atoms with van der Waals surface area (Å²) < 4.78 is 0. The Morgan fingerprint density at radius 2 is 1.77 bits per heavy atom. The van der Waals surface area contributed by atoms with Crippen LogP contribution in [0.4, 0.5) is 5.69 Å². The molecular formula is C21H25ClN2O2. The van der Waals surface area contributed by atoms with Crippen molar-refractivity contribution in [3.05, 3.63) is 65.2 Å². The second-order valence-corrected chi connectivity index (χ2v) is 7.08. The number of rotatable bonds is 7. The van der Waals surface area contributed by atoms with Crippen LogP contribution < -0.4 is 10.2 Å². The van der Waals surface area contributed by atoms with Crippen LogP contribution >= 0.6 is 11.6 Å². The van der Waals surface area contributed by atoms with E-state index in [1.54, 1.807) is 18.7 Å². The van der Waals surface area contributed by atoms with Crippen molar-refractivity contribution >= 4 is 29.1 Å². The molecular weight excluding hydrogens is 348 g/mol. The van der Waals surface area contributed by atoms with Gasteiger partial charge in [0, 0.05) is 23.8 Å². The molecule has 0 spiro atoms. The lowest BCUT2D eigenvalue weighted by atomic mass is 9.90. The van der Waals surface area contributed by atoms with E-state index in [0.717, 1.165) is 11.3 Å². The number of anilines is 1. The molecule has 2 aromatic rings. The number of para-hydroxylation sites is 1. The van der Waals surface area contributed by atoms with Crippen LogP contribution in [0, 0.1) is 5.41 Å². The van der Waals surface area contributed by atoms with E-state index in [9.17, 15) is 9.59 Å². The van der Waals surface area contributed by atoms with Crippen LogP contribution in [0.15, 0.2) is 54.6 Å². The van der Waals surface area contributed by atoms with Gasteiger partial charge in [-0.05, 0) is 57.0 Å². The zero-order valence-electron chi connectivity index (χ0n) is 15.5. The SMILES string of the molecule is CCN(C(=O)C(C)(C)C(=O)NCCc1cccc(Cl)c1)c1ccccc1. The maximum Gasteiger partial charge on any atom is 0.242 e. The zero-order chi connectivity index (χ0) is 19.2. The first-order valence-corrected chi connectivity index (χ1v) is 9.13. The second-order valence-electron chi connectivity index (χ2n) is 6.65. The van der Waals surface area contributed by atoms with Gasteiger partial charge < -0.3 is 10.2 Å². The van der Waals surface area contributed by atoms with Gasteiger partial charge in [-0.2, -0.15) is 0 Å². The summed E-state index contributed by atoms with van der Waals surface area (Å²) in [6, 6.07) is 16.9. The minimum Gasteiger partial charge on any atom is -0.355 e. The number of amides is 2. The van der Waals surface area contributed by atoms with E-state index in [0.29, 0.717) is 24.5 Å². The number of carbonyl (C=O) groups excluding carboxylic acids is 2. The van der Waals surface area contributed by atoms with E-state index >= 15 is 0 Å². The molecule has 0 radical (unpaired) electrons. The molecule has 0 bridgehead atoms. The zero-order valence-corrected chi connectivity index (χ0v) is 16.2. The quantitative estimate of drug-likeness (QED) is 0.744. The Balaban J connectivity index is 2.00. The van der Waals surface area contributed by atoms with Crippen molar-refractivity contribution in [2.24, 2.45) is 5.41 Å². The molecule has 138 valence electrons. The molecule has 4 nitrogen and oxygen atoms in total. The van der Waals surface area contributed by atoms with Crippen molar-refractivity contribution in [3.8, 4) is 0 Å². The number of halogens is 1. The number of nitrogens with one attached hydrogen (secondary N) is 1. The van der Waals surface area contributed by atoms with Crippen molar-refractivity contribution in [1.29, 1.82) is 0 Å². The highest BCUT2D eigenvalue weighted by atomic mass is 35.5. The van der Waals surface area contributed by atoms with Crippen molar-refractivity contribution < 1.29 is 9.59 Å². The summed E-state index contributed by atoms with van der Waals surface area (Å²) in [6.07, 6.45) is 0.659. The van der Waals surface area contributed by atoms with Gasteiger partial charge in [-0.15, -0.1) is 0 Å². The third-order valence-electron chi connectivity index (χ3n) is 4.32. The fourth-order valence-corrected chi connectivity index (χ4v) is 2.93. The normalized spacial score (nSPS) is 11.1. The Hall–Kier alpha value is -2.33. The predicted molar refractivity (Wildman–Crippen MR) is 106 cm³/mol.